The first-order valence-corrected chi connectivity index (χ1v) is 11.2. The van der Waals surface area contributed by atoms with E-state index in [0.717, 1.165) is 20.9 Å². The highest BCUT2D eigenvalue weighted by Gasteiger charge is 2.27. The second-order valence-electron chi connectivity index (χ2n) is 7.66. The molecular weight excluding hydrogens is 392 g/mol. The predicted octanol–water partition coefficient (Wildman–Crippen LogP) is 4.56. The smallest absolute Gasteiger partial charge is 0.264 e. The molecule has 0 unspecified atom stereocenters. The number of aryl methyl sites for hydroxylation is 1. The summed E-state index contributed by atoms with van der Waals surface area (Å²) in [7, 11) is 0. The molecular formula is C25H26N2O2S. The van der Waals surface area contributed by atoms with Crippen LogP contribution < -0.4 is 0 Å². The minimum absolute atomic E-state index is 0.0358. The number of hydrogen-bond acceptors (Lipinski definition) is 3. The molecule has 1 fully saturated rings. The maximum absolute atomic E-state index is 13.1. The standard InChI is InChI=1S/C25H26N2O2S/c1-19-12-13-23(30-19)25(29)27-16-14-26(15-17-27)24(28)18-22(20-8-4-2-5-9-20)21-10-6-3-7-11-21/h2-13,22H,14-18H2,1H3. The molecule has 0 aliphatic carbocycles. The Bertz CT molecular complexity index is 953. The molecule has 0 bridgehead atoms. The van der Waals surface area contributed by atoms with E-state index in [9.17, 15) is 9.59 Å². The number of hydrogen-bond donors (Lipinski definition) is 0. The van der Waals surface area contributed by atoms with Crippen LogP contribution in [0.5, 0.6) is 0 Å². The van der Waals surface area contributed by atoms with E-state index in [4.69, 9.17) is 0 Å². The number of carbonyl (C=O) groups is 2. The lowest BCUT2D eigenvalue weighted by atomic mass is 9.88. The molecule has 0 saturated carbocycles. The molecule has 2 amide bonds. The van der Waals surface area contributed by atoms with E-state index in [1.54, 1.807) is 0 Å². The number of benzene rings is 2. The fraction of sp³-hybridized carbons (Fsp3) is 0.280. The monoisotopic (exact) mass is 418 g/mol. The summed E-state index contributed by atoms with van der Waals surface area (Å²) in [5.41, 5.74) is 2.30. The highest BCUT2D eigenvalue weighted by Crippen LogP contribution is 2.29. The zero-order chi connectivity index (χ0) is 20.9. The number of piperazine rings is 1. The third-order valence-electron chi connectivity index (χ3n) is 5.65. The van der Waals surface area contributed by atoms with Crippen molar-refractivity contribution in [2.45, 2.75) is 19.3 Å². The highest BCUT2D eigenvalue weighted by molar-refractivity contribution is 7.13. The molecule has 1 aliphatic heterocycles. The van der Waals surface area contributed by atoms with Crippen LogP contribution in [-0.2, 0) is 4.79 Å². The Morgan fingerprint density at radius 3 is 1.83 bits per heavy atom. The van der Waals surface area contributed by atoms with Gasteiger partial charge in [0.1, 0.15) is 0 Å². The van der Waals surface area contributed by atoms with Crippen LogP contribution in [0.2, 0.25) is 0 Å². The van der Waals surface area contributed by atoms with Gasteiger partial charge in [-0.05, 0) is 30.2 Å². The van der Waals surface area contributed by atoms with Gasteiger partial charge in [0, 0.05) is 43.4 Å². The van der Waals surface area contributed by atoms with Crippen LogP contribution in [0.1, 0.15) is 38.0 Å². The van der Waals surface area contributed by atoms with Crippen LogP contribution in [0, 0.1) is 6.92 Å². The molecule has 2 aromatic carbocycles. The molecule has 30 heavy (non-hydrogen) atoms. The van der Waals surface area contributed by atoms with E-state index in [2.05, 4.69) is 24.3 Å². The van der Waals surface area contributed by atoms with Crippen LogP contribution in [0.15, 0.2) is 72.8 Å². The van der Waals surface area contributed by atoms with Gasteiger partial charge in [0.2, 0.25) is 5.91 Å². The number of nitrogens with zero attached hydrogens (tertiary/aromatic N) is 2. The van der Waals surface area contributed by atoms with Crippen LogP contribution in [0.25, 0.3) is 0 Å². The van der Waals surface area contributed by atoms with Crippen molar-refractivity contribution in [3.8, 4) is 0 Å². The molecule has 1 aromatic heterocycles. The van der Waals surface area contributed by atoms with E-state index in [0.29, 0.717) is 32.6 Å². The first-order chi connectivity index (χ1) is 14.6. The summed E-state index contributed by atoms with van der Waals surface area (Å²) in [4.78, 5) is 31.5. The van der Waals surface area contributed by atoms with E-state index in [-0.39, 0.29) is 17.7 Å². The van der Waals surface area contributed by atoms with Gasteiger partial charge in [-0.1, -0.05) is 60.7 Å². The van der Waals surface area contributed by atoms with Crippen molar-refractivity contribution in [1.29, 1.82) is 0 Å². The van der Waals surface area contributed by atoms with E-state index >= 15 is 0 Å². The van der Waals surface area contributed by atoms with Crippen molar-refractivity contribution >= 4 is 23.2 Å². The second kappa shape index (κ2) is 9.26. The molecule has 1 aliphatic rings. The zero-order valence-electron chi connectivity index (χ0n) is 17.2. The first-order valence-electron chi connectivity index (χ1n) is 10.3. The number of rotatable bonds is 5. The minimum Gasteiger partial charge on any atom is -0.339 e. The molecule has 5 heteroatoms. The van der Waals surface area contributed by atoms with Crippen LogP contribution in [0.3, 0.4) is 0 Å². The quantitative estimate of drug-likeness (QED) is 0.609. The fourth-order valence-electron chi connectivity index (χ4n) is 3.97. The summed E-state index contributed by atoms with van der Waals surface area (Å²) < 4.78 is 0. The Kier molecular flexibility index (Phi) is 6.29. The maximum atomic E-state index is 13.1. The van der Waals surface area contributed by atoms with Crippen LogP contribution in [-0.4, -0.2) is 47.8 Å². The average Bonchev–Trinajstić information content (AvgIpc) is 3.24. The van der Waals surface area contributed by atoms with E-state index in [1.807, 2.05) is 65.3 Å². The Morgan fingerprint density at radius 2 is 1.33 bits per heavy atom. The maximum Gasteiger partial charge on any atom is 0.264 e. The SMILES string of the molecule is Cc1ccc(C(=O)N2CCN(C(=O)CC(c3ccccc3)c3ccccc3)CC2)s1. The van der Waals surface area contributed by atoms with Crippen LogP contribution >= 0.6 is 11.3 Å². The Labute approximate surface area is 181 Å². The van der Waals surface area contributed by atoms with Gasteiger partial charge >= 0.3 is 0 Å². The van der Waals surface area contributed by atoms with E-state index < -0.39 is 0 Å². The lowest BCUT2D eigenvalue weighted by molar-refractivity contribution is -0.132. The molecule has 154 valence electrons. The van der Waals surface area contributed by atoms with Crippen molar-refractivity contribution in [2.75, 3.05) is 26.2 Å². The van der Waals surface area contributed by atoms with Gasteiger partial charge in [-0.3, -0.25) is 9.59 Å². The Morgan fingerprint density at radius 1 is 0.800 bits per heavy atom. The highest BCUT2D eigenvalue weighted by atomic mass is 32.1. The molecule has 4 nitrogen and oxygen atoms in total. The lowest BCUT2D eigenvalue weighted by Crippen LogP contribution is -2.50. The molecule has 2 heterocycles. The fourth-order valence-corrected chi connectivity index (χ4v) is 4.80. The van der Waals surface area contributed by atoms with Gasteiger partial charge < -0.3 is 9.80 Å². The summed E-state index contributed by atoms with van der Waals surface area (Å²) in [5, 5.41) is 0. The number of carbonyl (C=O) groups excluding carboxylic acids is 2. The molecule has 0 N–H and O–H groups in total. The molecule has 1 saturated heterocycles. The van der Waals surface area contributed by atoms with Gasteiger partial charge in [0.05, 0.1) is 4.88 Å². The number of thiophene rings is 1. The second-order valence-corrected chi connectivity index (χ2v) is 8.95. The van der Waals surface area contributed by atoms with Crippen molar-refractivity contribution in [3.05, 3.63) is 93.7 Å². The molecule has 0 radical (unpaired) electrons. The third kappa shape index (κ3) is 4.62. The van der Waals surface area contributed by atoms with E-state index in [1.165, 1.54) is 11.3 Å². The first kappa shape index (κ1) is 20.4. The topological polar surface area (TPSA) is 40.6 Å². The lowest BCUT2D eigenvalue weighted by Gasteiger charge is -2.35. The summed E-state index contributed by atoms with van der Waals surface area (Å²) >= 11 is 1.53. The Balaban J connectivity index is 1.41. The van der Waals surface area contributed by atoms with Gasteiger partial charge in [0.15, 0.2) is 0 Å². The van der Waals surface area contributed by atoms with Crippen LogP contribution in [0.4, 0.5) is 0 Å². The normalized spacial score (nSPS) is 14.2. The van der Waals surface area contributed by atoms with Crippen molar-refractivity contribution in [1.82, 2.24) is 9.80 Å². The summed E-state index contributed by atoms with van der Waals surface area (Å²) in [6.45, 7) is 4.36. The molecule has 3 aromatic rings. The number of amides is 2. The molecule has 4 rings (SSSR count). The van der Waals surface area contributed by atoms with Gasteiger partial charge in [-0.25, -0.2) is 0 Å². The Hall–Kier alpha value is -2.92. The molecule has 0 atom stereocenters. The summed E-state index contributed by atoms with van der Waals surface area (Å²) in [6.07, 6.45) is 0.437. The zero-order valence-corrected chi connectivity index (χ0v) is 18.0. The molecule has 0 spiro atoms. The summed E-state index contributed by atoms with van der Waals surface area (Å²) in [6, 6.07) is 24.3. The van der Waals surface area contributed by atoms with Crippen molar-refractivity contribution < 1.29 is 9.59 Å². The minimum atomic E-state index is 0.0358. The predicted molar refractivity (Wildman–Crippen MR) is 121 cm³/mol. The van der Waals surface area contributed by atoms with Crippen molar-refractivity contribution in [2.24, 2.45) is 0 Å². The van der Waals surface area contributed by atoms with Crippen molar-refractivity contribution in [3.63, 3.8) is 0 Å². The summed E-state index contributed by atoms with van der Waals surface area (Å²) in [5.74, 6) is 0.257. The van der Waals surface area contributed by atoms with Gasteiger partial charge in [-0.15, -0.1) is 11.3 Å². The average molecular weight is 419 g/mol. The third-order valence-corrected chi connectivity index (χ3v) is 6.64. The van der Waals surface area contributed by atoms with Gasteiger partial charge in [0.25, 0.3) is 5.91 Å². The van der Waals surface area contributed by atoms with Gasteiger partial charge in [-0.2, -0.15) is 0 Å². The largest absolute Gasteiger partial charge is 0.339 e.